The summed E-state index contributed by atoms with van der Waals surface area (Å²) in [5.41, 5.74) is 0. The molecule has 2 atom stereocenters. The van der Waals surface area contributed by atoms with Crippen molar-refractivity contribution in [1.82, 2.24) is 0 Å². The number of hydrogen-bond acceptors (Lipinski definition) is 8. The van der Waals surface area contributed by atoms with Gasteiger partial charge < -0.3 is 27.9 Å². The highest BCUT2D eigenvalue weighted by atomic mass is 31.2. The summed E-state index contributed by atoms with van der Waals surface area (Å²) in [6.45, 7) is 4.21. The predicted octanol–water partition coefficient (Wildman–Crippen LogP) is 12.5. The number of carbonyl (C=O) groups is 2. The Hall–Kier alpha value is -1.51. The van der Waals surface area contributed by atoms with Crippen molar-refractivity contribution in [3.63, 3.8) is 0 Å². The number of nitrogens with zero attached hydrogens (tertiary/aromatic N) is 1. The highest BCUT2D eigenvalue weighted by Crippen LogP contribution is 2.38. The van der Waals surface area contributed by atoms with Gasteiger partial charge >= 0.3 is 11.9 Å². The van der Waals surface area contributed by atoms with Crippen molar-refractivity contribution < 1.29 is 42.1 Å². The molecular weight excluding hydrogens is 725 g/mol. The molecule has 1 unspecified atom stereocenters. The molecule has 0 heterocycles. The molecular formula is C46H88NO8P. The highest BCUT2D eigenvalue weighted by molar-refractivity contribution is 7.45. The highest BCUT2D eigenvalue weighted by Gasteiger charge is 2.21. The Balaban J connectivity index is 4.32. The molecule has 330 valence electrons. The Morgan fingerprint density at radius 3 is 1.32 bits per heavy atom. The molecule has 0 aromatic rings. The van der Waals surface area contributed by atoms with Crippen molar-refractivity contribution >= 4 is 19.8 Å². The number of likely N-dealkylation sites (N-methyl/N-ethyl adjacent to an activating group) is 1. The molecule has 56 heavy (non-hydrogen) atoms. The third kappa shape index (κ3) is 42.1. The summed E-state index contributed by atoms with van der Waals surface area (Å²) in [5, 5.41) is 0. The lowest BCUT2D eigenvalue weighted by atomic mass is 10.1. The van der Waals surface area contributed by atoms with Gasteiger partial charge in [0.25, 0.3) is 7.82 Å². The smallest absolute Gasteiger partial charge is 0.306 e. The van der Waals surface area contributed by atoms with Crippen LogP contribution in [0, 0.1) is 0 Å². The fraction of sp³-hybridized carbons (Fsp3) is 0.870. The topological polar surface area (TPSA) is 111 Å². The molecule has 0 amide bonds. The summed E-state index contributed by atoms with van der Waals surface area (Å²) in [4.78, 5) is 37.6. The lowest BCUT2D eigenvalue weighted by Gasteiger charge is -2.28. The van der Waals surface area contributed by atoms with Crippen LogP contribution in [0.3, 0.4) is 0 Å². The molecule has 0 saturated heterocycles. The van der Waals surface area contributed by atoms with Gasteiger partial charge in [-0.15, -0.1) is 0 Å². The van der Waals surface area contributed by atoms with Gasteiger partial charge in [-0.2, -0.15) is 0 Å². The van der Waals surface area contributed by atoms with Crippen molar-refractivity contribution in [2.45, 2.75) is 213 Å². The van der Waals surface area contributed by atoms with Gasteiger partial charge in [0.05, 0.1) is 27.7 Å². The standard InChI is InChI=1S/C46H88NO8P/c1-6-8-10-12-14-16-18-20-22-23-25-27-29-31-33-35-37-39-46(49)55-44(43-54-56(50,51)53-41-40-47(3,4)5)42-52-45(48)38-36-34-32-30-28-26-24-21-19-17-15-13-11-9-7-2/h16-19,44H,6-15,20-43H2,1-5H3/b18-16-,19-17-/t44-/m1/s1. The van der Waals surface area contributed by atoms with Crippen LogP contribution >= 0.6 is 7.82 Å². The fourth-order valence-electron chi connectivity index (χ4n) is 6.29. The predicted molar refractivity (Wildman–Crippen MR) is 231 cm³/mol. The molecule has 10 heteroatoms. The number of phosphoric acid groups is 1. The van der Waals surface area contributed by atoms with Gasteiger partial charge in [-0.3, -0.25) is 14.2 Å². The van der Waals surface area contributed by atoms with E-state index in [2.05, 4.69) is 38.2 Å². The zero-order valence-electron chi connectivity index (χ0n) is 37.1. The van der Waals surface area contributed by atoms with Crippen LogP contribution in [0.15, 0.2) is 24.3 Å². The van der Waals surface area contributed by atoms with Gasteiger partial charge in [0.2, 0.25) is 0 Å². The van der Waals surface area contributed by atoms with E-state index in [1.165, 1.54) is 122 Å². The van der Waals surface area contributed by atoms with Gasteiger partial charge in [-0.1, -0.05) is 154 Å². The first-order chi connectivity index (χ1) is 27.0. The van der Waals surface area contributed by atoms with E-state index in [4.69, 9.17) is 18.5 Å². The molecule has 0 aliphatic carbocycles. The minimum absolute atomic E-state index is 0.0305. The number of rotatable bonds is 42. The van der Waals surface area contributed by atoms with Crippen molar-refractivity contribution in [2.24, 2.45) is 0 Å². The zero-order valence-corrected chi connectivity index (χ0v) is 38.0. The maximum atomic E-state index is 12.7. The summed E-state index contributed by atoms with van der Waals surface area (Å²) in [5.74, 6) is -0.836. The van der Waals surface area contributed by atoms with Crippen LogP contribution in [-0.2, 0) is 32.7 Å². The molecule has 0 fully saturated rings. The van der Waals surface area contributed by atoms with Gasteiger partial charge in [0.1, 0.15) is 19.8 Å². The number of allylic oxidation sites excluding steroid dienone is 4. The largest absolute Gasteiger partial charge is 0.756 e. The van der Waals surface area contributed by atoms with E-state index in [0.29, 0.717) is 17.4 Å². The van der Waals surface area contributed by atoms with E-state index in [9.17, 15) is 19.0 Å². The first-order valence-electron chi connectivity index (χ1n) is 23.0. The van der Waals surface area contributed by atoms with E-state index < -0.39 is 26.5 Å². The number of quaternary nitrogens is 1. The van der Waals surface area contributed by atoms with Gasteiger partial charge in [-0.05, 0) is 64.2 Å². The number of unbranched alkanes of at least 4 members (excludes halogenated alkanes) is 24. The number of esters is 2. The molecule has 0 bridgehead atoms. The second kappa shape index (κ2) is 39.0. The zero-order chi connectivity index (χ0) is 41.4. The first-order valence-corrected chi connectivity index (χ1v) is 24.5. The average Bonchev–Trinajstić information content (AvgIpc) is 3.15. The third-order valence-corrected chi connectivity index (χ3v) is 10.9. The molecule has 0 aliphatic heterocycles. The van der Waals surface area contributed by atoms with E-state index in [1.54, 1.807) is 0 Å². The Labute approximate surface area is 345 Å². The maximum Gasteiger partial charge on any atom is 0.306 e. The van der Waals surface area contributed by atoms with Crippen molar-refractivity contribution in [2.75, 3.05) is 47.5 Å². The quantitative estimate of drug-likeness (QED) is 0.0197. The molecule has 0 aromatic heterocycles. The molecule has 0 aromatic carbocycles. The van der Waals surface area contributed by atoms with Crippen LogP contribution in [0.25, 0.3) is 0 Å². The van der Waals surface area contributed by atoms with Gasteiger partial charge in [0, 0.05) is 12.8 Å². The summed E-state index contributed by atoms with van der Waals surface area (Å²) >= 11 is 0. The van der Waals surface area contributed by atoms with E-state index in [1.807, 2.05) is 21.1 Å². The lowest BCUT2D eigenvalue weighted by Crippen LogP contribution is -2.37. The van der Waals surface area contributed by atoms with Crippen LogP contribution in [0.5, 0.6) is 0 Å². The number of hydrogen-bond donors (Lipinski definition) is 0. The molecule has 0 aliphatic rings. The number of phosphoric ester groups is 1. The lowest BCUT2D eigenvalue weighted by molar-refractivity contribution is -0.870. The summed E-state index contributed by atoms with van der Waals surface area (Å²) in [6.07, 6.45) is 41.9. The van der Waals surface area contributed by atoms with E-state index >= 15 is 0 Å². The van der Waals surface area contributed by atoms with Crippen LogP contribution in [0.4, 0.5) is 0 Å². The number of carbonyl (C=O) groups excluding carboxylic acids is 2. The maximum absolute atomic E-state index is 12.7. The monoisotopic (exact) mass is 814 g/mol. The van der Waals surface area contributed by atoms with Crippen molar-refractivity contribution in [3.8, 4) is 0 Å². The van der Waals surface area contributed by atoms with Crippen LogP contribution in [0.1, 0.15) is 206 Å². The average molecular weight is 814 g/mol. The molecule has 0 spiro atoms. The summed E-state index contributed by atoms with van der Waals surface area (Å²) in [7, 11) is 1.17. The minimum atomic E-state index is -4.62. The van der Waals surface area contributed by atoms with Crippen LogP contribution < -0.4 is 4.89 Å². The van der Waals surface area contributed by atoms with E-state index in [-0.39, 0.29) is 32.0 Å². The molecule has 0 rings (SSSR count). The Kier molecular flexibility index (Phi) is 37.9. The normalized spacial score (nSPS) is 13.8. The minimum Gasteiger partial charge on any atom is -0.756 e. The molecule has 0 radical (unpaired) electrons. The van der Waals surface area contributed by atoms with Crippen molar-refractivity contribution in [1.29, 1.82) is 0 Å². The molecule has 0 N–H and O–H groups in total. The van der Waals surface area contributed by atoms with E-state index in [0.717, 1.165) is 51.4 Å². The second-order valence-electron chi connectivity index (χ2n) is 16.8. The SMILES string of the molecule is CCCCCC/C=C\CCCCCCCCCCCC(=O)O[C@H](COC(=O)CCCCCCCCC/C=C\CCCCCC)COP(=O)([O-])OCC[N+](C)(C)C. The Bertz CT molecular complexity index is 1010. The Morgan fingerprint density at radius 2 is 0.911 bits per heavy atom. The fourth-order valence-corrected chi connectivity index (χ4v) is 7.02. The summed E-state index contributed by atoms with van der Waals surface area (Å²) < 4.78 is 33.9. The van der Waals surface area contributed by atoms with Gasteiger partial charge in [0.15, 0.2) is 6.10 Å². The van der Waals surface area contributed by atoms with Crippen LogP contribution in [0.2, 0.25) is 0 Å². The first kappa shape index (κ1) is 54.5. The number of ether oxygens (including phenoxy) is 2. The van der Waals surface area contributed by atoms with Crippen molar-refractivity contribution in [3.05, 3.63) is 24.3 Å². The van der Waals surface area contributed by atoms with Crippen LogP contribution in [-0.4, -0.2) is 70.0 Å². The van der Waals surface area contributed by atoms with Gasteiger partial charge in [-0.25, -0.2) is 0 Å². The second-order valence-corrected chi connectivity index (χ2v) is 18.2. The molecule has 9 nitrogen and oxygen atoms in total. The third-order valence-electron chi connectivity index (χ3n) is 9.94. The summed E-state index contributed by atoms with van der Waals surface area (Å²) in [6, 6.07) is 0. The molecule has 0 saturated carbocycles. The Morgan fingerprint density at radius 1 is 0.536 bits per heavy atom.